The maximum atomic E-state index is 13.6. The molecule has 6 heteroatoms. The third-order valence-electron chi connectivity index (χ3n) is 5.74. The molecule has 0 aliphatic heterocycles. The van der Waals surface area contributed by atoms with Gasteiger partial charge < -0.3 is 19.4 Å². The van der Waals surface area contributed by atoms with E-state index < -0.39 is 0 Å². The third kappa shape index (κ3) is 4.06. The summed E-state index contributed by atoms with van der Waals surface area (Å²) in [5.74, 6) is 1.40. The summed E-state index contributed by atoms with van der Waals surface area (Å²) < 4.78 is 10.9. The van der Waals surface area contributed by atoms with Gasteiger partial charge in [0.2, 0.25) is 0 Å². The van der Waals surface area contributed by atoms with Gasteiger partial charge in [-0.1, -0.05) is 19.3 Å². The fourth-order valence-electron chi connectivity index (χ4n) is 4.18. The van der Waals surface area contributed by atoms with Crippen molar-refractivity contribution < 1.29 is 14.3 Å². The number of nitrogens with zero attached hydrogens (tertiary/aromatic N) is 2. The fourth-order valence-corrected chi connectivity index (χ4v) is 4.18. The average molecular weight is 393 g/mol. The van der Waals surface area contributed by atoms with Gasteiger partial charge in [0.25, 0.3) is 5.91 Å². The van der Waals surface area contributed by atoms with Crippen LogP contribution in [0.15, 0.2) is 42.7 Å². The van der Waals surface area contributed by atoms with Gasteiger partial charge in [-0.3, -0.25) is 9.78 Å². The zero-order valence-corrected chi connectivity index (χ0v) is 17.0. The summed E-state index contributed by atoms with van der Waals surface area (Å²) in [7, 11) is 3.25. The van der Waals surface area contributed by atoms with E-state index in [-0.39, 0.29) is 11.9 Å². The van der Waals surface area contributed by atoms with E-state index in [2.05, 4.69) is 9.97 Å². The summed E-state index contributed by atoms with van der Waals surface area (Å²) in [6.07, 6.45) is 9.24. The Balaban J connectivity index is 1.69. The Labute approximate surface area is 170 Å². The van der Waals surface area contributed by atoms with Gasteiger partial charge in [-0.25, -0.2) is 0 Å². The van der Waals surface area contributed by atoms with Gasteiger partial charge in [0, 0.05) is 42.5 Å². The molecule has 1 amide bonds. The molecule has 6 nitrogen and oxygen atoms in total. The van der Waals surface area contributed by atoms with Crippen LogP contribution in [0.25, 0.3) is 10.9 Å². The van der Waals surface area contributed by atoms with Crippen LogP contribution in [0.3, 0.4) is 0 Å². The Hall–Kier alpha value is -3.02. The molecule has 1 N–H and O–H groups in total. The molecule has 1 aromatic carbocycles. The molecular weight excluding hydrogens is 366 g/mol. The minimum atomic E-state index is 0.0194. The molecule has 0 unspecified atom stereocenters. The first-order valence-electron chi connectivity index (χ1n) is 10.1. The van der Waals surface area contributed by atoms with Crippen molar-refractivity contribution in [2.45, 2.75) is 44.7 Å². The van der Waals surface area contributed by atoms with Crippen LogP contribution in [0.4, 0.5) is 0 Å². The van der Waals surface area contributed by atoms with Crippen LogP contribution < -0.4 is 9.47 Å². The van der Waals surface area contributed by atoms with Gasteiger partial charge in [-0.15, -0.1) is 0 Å². The first-order chi connectivity index (χ1) is 14.2. The number of H-pyrrole nitrogens is 1. The second kappa shape index (κ2) is 8.55. The van der Waals surface area contributed by atoms with Crippen molar-refractivity contribution in [3.05, 3.63) is 54.0 Å². The zero-order chi connectivity index (χ0) is 20.2. The smallest absolute Gasteiger partial charge is 0.270 e. The number of rotatable bonds is 6. The molecule has 0 atom stereocenters. The van der Waals surface area contributed by atoms with Gasteiger partial charge in [-0.2, -0.15) is 0 Å². The predicted octanol–water partition coefficient (Wildman–Crippen LogP) is 4.56. The molecule has 1 aliphatic rings. The van der Waals surface area contributed by atoms with E-state index in [1.54, 1.807) is 26.6 Å². The summed E-state index contributed by atoms with van der Waals surface area (Å²) in [5, 5.41) is 0.879. The number of aromatic nitrogens is 2. The van der Waals surface area contributed by atoms with Crippen molar-refractivity contribution in [1.82, 2.24) is 14.9 Å². The lowest BCUT2D eigenvalue weighted by molar-refractivity contribution is 0.0609. The number of nitrogens with one attached hydrogen (secondary N) is 1. The number of hydrogen-bond donors (Lipinski definition) is 1. The molecule has 0 bridgehead atoms. The van der Waals surface area contributed by atoms with Crippen molar-refractivity contribution in [2.75, 3.05) is 14.2 Å². The van der Waals surface area contributed by atoms with Crippen LogP contribution in [0, 0.1) is 0 Å². The summed E-state index contributed by atoms with van der Waals surface area (Å²) in [5.41, 5.74) is 2.50. The predicted molar refractivity (Wildman–Crippen MR) is 112 cm³/mol. The number of ether oxygens (including phenoxy) is 2. The largest absolute Gasteiger partial charge is 0.497 e. The topological polar surface area (TPSA) is 67.5 Å². The first-order valence-corrected chi connectivity index (χ1v) is 10.1. The number of pyridine rings is 1. The summed E-state index contributed by atoms with van der Waals surface area (Å²) >= 11 is 0. The number of aromatic amines is 1. The third-order valence-corrected chi connectivity index (χ3v) is 5.74. The molecular formula is C23H27N3O3. The Morgan fingerprint density at radius 2 is 1.86 bits per heavy atom. The minimum Gasteiger partial charge on any atom is -0.497 e. The lowest BCUT2D eigenvalue weighted by Crippen LogP contribution is -2.41. The van der Waals surface area contributed by atoms with E-state index in [4.69, 9.17) is 9.47 Å². The number of carbonyl (C=O) groups excluding carboxylic acids is 1. The monoisotopic (exact) mass is 393 g/mol. The van der Waals surface area contributed by atoms with E-state index in [1.807, 2.05) is 35.2 Å². The molecule has 0 saturated heterocycles. The highest BCUT2D eigenvalue weighted by atomic mass is 16.5. The van der Waals surface area contributed by atoms with E-state index in [0.717, 1.165) is 29.3 Å². The van der Waals surface area contributed by atoms with Crippen molar-refractivity contribution in [3.8, 4) is 11.5 Å². The number of carbonyl (C=O) groups is 1. The molecule has 0 radical (unpaired) electrons. The fraction of sp³-hybridized carbons (Fsp3) is 0.391. The number of benzene rings is 1. The summed E-state index contributed by atoms with van der Waals surface area (Å²) in [6.45, 7) is 0.585. The van der Waals surface area contributed by atoms with E-state index in [9.17, 15) is 4.79 Å². The maximum absolute atomic E-state index is 13.6. The molecule has 2 heterocycles. The Bertz CT molecular complexity index is 978. The van der Waals surface area contributed by atoms with Gasteiger partial charge in [0.15, 0.2) is 0 Å². The Kier molecular flexibility index (Phi) is 5.69. The van der Waals surface area contributed by atoms with Crippen LogP contribution >= 0.6 is 0 Å². The second-order valence-electron chi connectivity index (χ2n) is 7.55. The van der Waals surface area contributed by atoms with Gasteiger partial charge >= 0.3 is 0 Å². The van der Waals surface area contributed by atoms with Crippen LogP contribution in [0.1, 0.15) is 48.2 Å². The van der Waals surface area contributed by atoms with Crippen LogP contribution in [-0.2, 0) is 6.54 Å². The first kappa shape index (κ1) is 19.3. The normalized spacial score (nSPS) is 14.7. The van der Waals surface area contributed by atoms with E-state index >= 15 is 0 Å². The lowest BCUT2D eigenvalue weighted by atomic mass is 9.93. The molecule has 4 rings (SSSR count). The zero-order valence-electron chi connectivity index (χ0n) is 17.0. The lowest BCUT2D eigenvalue weighted by Gasteiger charge is -2.34. The SMILES string of the molecule is COc1cc(OC)c2cc(C(=O)N(Cc3ccncc3)C3CCCCC3)[nH]c2c1. The quantitative estimate of drug-likeness (QED) is 0.667. The number of hydrogen-bond acceptors (Lipinski definition) is 4. The van der Waals surface area contributed by atoms with Gasteiger partial charge in [-0.05, 0) is 36.6 Å². The van der Waals surface area contributed by atoms with Crippen LogP contribution in [0.5, 0.6) is 11.5 Å². The van der Waals surface area contributed by atoms with Crippen molar-refractivity contribution >= 4 is 16.8 Å². The van der Waals surface area contributed by atoms with Crippen molar-refractivity contribution in [1.29, 1.82) is 0 Å². The molecule has 152 valence electrons. The molecule has 0 spiro atoms. The summed E-state index contributed by atoms with van der Waals surface area (Å²) in [4.78, 5) is 23.0. The highest BCUT2D eigenvalue weighted by Gasteiger charge is 2.28. The van der Waals surface area contributed by atoms with Crippen molar-refractivity contribution in [2.24, 2.45) is 0 Å². The van der Waals surface area contributed by atoms with Crippen molar-refractivity contribution in [3.63, 3.8) is 0 Å². The van der Waals surface area contributed by atoms with Crippen LogP contribution in [-0.4, -0.2) is 41.0 Å². The van der Waals surface area contributed by atoms with E-state index in [0.29, 0.717) is 23.7 Å². The molecule has 1 fully saturated rings. The highest BCUT2D eigenvalue weighted by Crippen LogP contribution is 2.33. The Morgan fingerprint density at radius 1 is 1.10 bits per heavy atom. The maximum Gasteiger partial charge on any atom is 0.270 e. The Morgan fingerprint density at radius 3 is 2.55 bits per heavy atom. The molecule has 1 aliphatic carbocycles. The van der Waals surface area contributed by atoms with Crippen LogP contribution in [0.2, 0.25) is 0 Å². The summed E-state index contributed by atoms with van der Waals surface area (Å²) in [6, 6.07) is 9.82. The standard InChI is InChI=1S/C23H27N3O3/c1-28-18-12-20-19(22(13-18)29-2)14-21(25-20)23(27)26(17-6-4-3-5-7-17)15-16-8-10-24-11-9-16/h8-14,17,25H,3-7,15H2,1-2H3. The number of amides is 1. The second-order valence-corrected chi connectivity index (χ2v) is 7.55. The molecule has 1 saturated carbocycles. The van der Waals surface area contributed by atoms with Gasteiger partial charge in [0.05, 0.1) is 19.7 Å². The average Bonchev–Trinajstić information content (AvgIpc) is 3.22. The molecule has 29 heavy (non-hydrogen) atoms. The highest BCUT2D eigenvalue weighted by molar-refractivity contribution is 6.00. The molecule has 3 aromatic rings. The molecule has 2 aromatic heterocycles. The van der Waals surface area contributed by atoms with Gasteiger partial charge in [0.1, 0.15) is 17.2 Å². The minimum absolute atomic E-state index is 0.0194. The number of methoxy groups -OCH3 is 2. The number of fused-ring (bicyclic) bond motifs is 1. The van der Waals surface area contributed by atoms with E-state index in [1.165, 1.54) is 19.3 Å².